The van der Waals surface area contributed by atoms with Crippen molar-refractivity contribution in [3.8, 4) is 11.5 Å². The molecule has 2 aliphatic rings. The van der Waals surface area contributed by atoms with Crippen molar-refractivity contribution in [1.82, 2.24) is 15.1 Å². The second-order valence-corrected chi connectivity index (χ2v) is 7.37. The number of nitrogens with one attached hydrogen (secondary N) is 2. The highest BCUT2D eigenvalue weighted by atomic mass is 16.6. The lowest BCUT2D eigenvalue weighted by Crippen LogP contribution is -2.41. The Morgan fingerprint density at radius 2 is 2.04 bits per heavy atom. The monoisotopic (exact) mass is 364 g/mol. The minimum Gasteiger partial charge on any atom is -0.486 e. The number of rotatable bonds is 4. The summed E-state index contributed by atoms with van der Waals surface area (Å²) in [5.41, 5.74) is 3.51. The van der Waals surface area contributed by atoms with Crippen LogP contribution in [0.3, 0.4) is 0 Å². The smallest absolute Gasteiger partial charge is 0.161 e. The van der Waals surface area contributed by atoms with Crippen molar-refractivity contribution in [2.75, 3.05) is 31.6 Å². The zero-order chi connectivity index (χ0) is 18.1. The van der Waals surface area contributed by atoms with Gasteiger partial charge < -0.3 is 14.8 Å². The van der Waals surface area contributed by atoms with Gasteiger partial charge in [0.15, 0.2) is 11.5 Å². The van der Waals surface area contributed by atoms with E-state index in [-0.39, 0.29) is 0 Å². The van der Waals surface area contributed by atoms with E-state index in [0.717, 1.165) is 47.7 Å². The zero-order valence-electron chi connectivity index (χ0n) is 15.3. The van der Waals surface area contributed by atoms with Gasteiger partial charge >= 0.3 is 0 Å². The average Bonchev–Trinajstić information content (AvgIpc) is 3.16. The van der Waals surface area contributed by atoms with E-state index < -0.39 is 0 Å². The van der Waals surface area contributed by atoms with Gasteiger partial charge in [-0.2, -0.15) is 5.10 Å². The first-order valence-electron chi connectivity index (χ1n) is 9.64. The van der Waals surface area contributed by atoms with Crippen LogP contribution in [0.2, 0.25) is 0 Å². The number of piperidine rings is 1. The number of H-pyrrole nitrogens is 1. The predicted octanol–water partition coefficient (Wildman–Crippen LogP) is 3.41. The van der Waals surface area contributed by atoms with Crippen molar-refractivity contribution in [3.63, 3.8) is 0 Å². The Kier molecular flexibility index (Phi) is 4.33. The number of aromatic amines is 1. The number of ether oxygens (including phenoxy) is 2. The third-order valence-corrected chi connectivity index (χ3v) is 5.33. The molecular weight excluding hydrogens is 340 g/mol. The maximum absolute atomic E-state index is 5.72. The number of hydrogen-bond donors (Lipinski definition) is 2. The number of benzene rings is 2. The summed E-state index contributed by atoms with van der Waals surface area (Å²) >= 11 is 0. The zero-order valence-corrected chi connectivity index (χ0v) is 15.3. The Labute approximate surface area is 158 Å². The van der Waals surface area contributed by atoms with Gasteiger partial charge in [0, 0.05) is 30.2 Å². The lowest BCUT2D eigenvalue weighted by molar-refractivity contribution is 0.170. The third kappa shape index (κ3) is 3.57. The maximum atomic E-state index is 5.72. The molecule has 0 aliphatic carbocycles. The van der Waals surface area contributed by atoms with Crippen molar-refractivity contribution in [1.29, 1.82) is 0 Å². The summed E-state index contributed by atoms with van der Waals surface area (Å²) in [4.78, 5) is 2.52. The fourth-order valence-corrected chi connectivity index (χ4v) is 4.03. The Morgan fingerprint density at radius 3 is 3.00 bits per heavy atom. The molecule has 0 spiro atoms. The molecule has 1 aromatic heterocycles. The van der Waals surface area contributed by atoms with E-state index in [4.69, 9.17) is 9.47 Å². The molecule has 1 atom stereocenters. The lowest BCUT2D eigenvalue weighted by atomic mass is 10.0. The first-order valence-corrected chi connectivity index (χ1v) is 9.64. The summed E-state index contributed by atoms with van der Waals surface area (Å²) in [5.74, 6) is 1.73. The van der Waals surface area contributed by atoms with Crippen LogP contribution in [0.4, 0.5) is 5.69 Å². The van der Waals surface area contributed by atoms with Gasteiger partial charge in [-0.15, -0.1) is 0 Å². The number of likely N-dealkylation sites (tertiary alicyclic amines) is 1. The molecule has 0 amide bonds. The van der Waals surface area contributed by atoms with E-state index in [2.05, 4.69) is 50.7 Å². The molecule has 2 N–H and O–H groups in total. The van der Waals surface area contributed by atoms with E-state index in [1.165, 1.54) is 18.4 Å². The topological polar surface area (TPSA) is 62.4 Å². The predicted molar refractivity (Wildman–Crippen MR) is 105 cm³/mol. The summed E-state index contributed by atoms with van der Waals surface area (Å²) in [6.07, 6.45) is 4.27. The average molecular weight is 364 g/mol. The Hall–Kier alpha value is -2.73. The van der Waals surface area contributed by atoms with Crippen molar-refractivity contribution < 1.29 is 9.47 Å². The van der Waals surface area contributed by atoms with Crippen LogP contribution in [0, 0.1) is 0 Å². The quantitative estimate of drug-likeness (QED) is 0.743. The third-order valence-electron chi connectivity index (χ3n) is 5.33. The second-order valence-electron chi connectivity index (χ2n) is 7.37. The first-order chi connectivity index (χ1) is 13.3. The fraction of sp³-hybridized carbons (Fsp3) is 0.381. The van der Waals surface area contributed by atoms with Gasteiger partial charge in [0.2, 0.25) is 0 Å². The van der Waals surface area contributed by atoms with Crippen LogP contribution in [0.15, 0.2) is 42.6 Å². The summed E-state index contributed by atoms with van der Waals surface area (Å²) in [6.45, 7) is 4.38. The summed E-state index contributed by atoms with van der Waals surface area (Å²) in [5, 5.41) is 11.9. The van der Waals surface area contributed by atoms with E-state index in [0.29, 0.717) is 19.3 Å². The number of aromatic nitrogens is 2. The molecule has 2 aromatic carbocycles. The van der Waals surface area contributed by atoms with Crippen molar-refractivity contribution >= 4 is 16.6 Å². The van der Waals surface area contributed by atoms with Gasteiger partial charge in [0.25, 0.3) is 0 Å². The lowest BCUT2D eigenvalue weighted by Gasteiger charge is -2.34. The molecule has 6 nitrogen and oxygen atoms in total. The Bertz CT molecular complexity index is 939. The van der Waals surface area contributed by atoms with Crippen LogP contribution >= 0.6 is 0 Å². The summed E-state index contributed by atoms with van der Waals surface area (Å²) in [7, 11) is 0. The molecule has 0 bridgehead atoms. The molecule has 1 unspecified atom stereocenters. The van der Waals surface area contributed by atoms with E-state index in [9.17, 15) is 0 Å². The fourth-order valence-electron chi connectivity index (χ4n) is 4.03. The van der Waals surface area contributed by atoms with Crippen molar-refractivity contribution in [2.45, 2.75) is 25.4 Å². The summed E-state index contributed by atoms with van der Waals surface area (Å²) < 4.78 is 11.3. The number of hydrogen-bond acceptors (Lipinski definition) is 5. The van der Waals surface area contributed by atoms with E-state index >= 15 is 0 Å². The first kappa shape index (κ1) is 16.4. The minimum absolute atomic E-state index is 0.459. The molecule has 2 aliphatic heterocycles. The molecule has 3 aromatic rings. The van der Waals surface area contributed by atoms with Crippen molar-refractivity contribution in [3.05, 3.63) is 48.2 Å². The van der Waals surface area contributed by atoms with Gasteiger partial charge in [-0.25, -0.2) is 0 Å². The van der Waals surface area contributed by atoms with E-state index in [1.807, 2.05) is 12.3 Å². The molecule has 27 heavy (non-hydrogen) atoms. The highest BCUT2D eigenvalue weighted by Crippen LogP contribution is 2.31. The SMILES string of the molecule is c1cc2c(cc1CN1CCCC(Nc3ccc4[nH]ncc4c3)C1)OCCO2. The molecular formula is C21H24N4O2. The molecule has 0 saturated carbocycles. The van der Waals surface area contributed by atoms with Crippen LogP contribution in [-0.2, 0) is 6.54 Å². The molecule has 3 heterocycles. The van der Waals surface area contributed by atoms with Crippen molar-refractivity contribution in [2.24, 2.45) is 0 Å². The van der Waals surface area contributed by atoms with Gasteiger partial charge in [-0.05, 0) is 55.3 Å². The largest absolute Gasteiger partial charge is 0.486 e. The van der Waals surface area contributed by atoms with E-state index in [1.54, 1.807) is 0 Å². The molecule has 5 rings (SSSR count). The molecule has 1 fully saturated rings. The number of fused-ring (bicyclic) bond motifs is 2. The molecule has 1 saturated heterocycles. The molecule has 140 valence electrons. The van der Waals surface area contributed by atoms with Gasteiger partial charge in [-0.3, -0.25) is 10.00 Å². The second kappa shape index (κ2) is 7.12. The normalized spacial score (nSPS) is 19.9. The Morgan fingerprint density at radius 1 is 1.11 bits per heavy atom. The minimum atomic E-state index is 0.459. The number of anilines is 1. The standard InChI is InChI=1S/C21H24N4O2/c1-2-18(23-17-4-5-19-16(11-17)12-22-24-19)14-25(7-1)13-15-3-6-20-21(10-15)27-9-8-26-20/h3-6,10-12,18,23H,1-2,7-9,13-14H2,(H,22,24). The van der Waals surface area contributed by atoms with Gasteiger partial charge in [0.05, 0.1) is 11.7 Å². The number of nitrogens with zero attached hydrogens (tertiary/aromatic N) is 2. The highest BCUT2D eigenvalue weighted by Gasteiger charge is 2.21. The van der Waals surface area contributed by atoms with Crippen LogP contribution in [0.1, 0.15) is 18.4 Å². The molecule has 6 heteroatoms. The molecule has 0 radical (unpaired) electrons. The maximum Gasteiger partial charge on any atom is 0.161 e. The van der Waals surface area contributed by atoms with Gasteiger partial charge in [0.1, 0.15) is 13.2 Å². The van der Waals surface area contributed by atoms with Crippen LogP contribution in [-0.4, -0.2) is 47.4 Å². The van der Waals surface area contributed by atoms with Crippen LogP contribution < -0.4 is 14.8 Å². The van der Waals surface area contributed by atoms with Crippen LogP contribution in [0.25, 0.3) is 10.9 Å². The van der Waals surface area contributed by atoms with Gasteiger partial charge in [-0.1, -0.05) is 6.07 Å². The summed E-state index contributed by atoms with van der Waals surface area (Å²) in [6, 6.07) is 13.1. The van der Waals surface area contributed by atoms with Crippen LogP contribution in [0.5, 0.6) is 11.5 Å². The Balaban J connectivity index is 1.24. The highest BCUT2D eigenvalue weighted by molar-refractivity contribution is 5.81.